The summed E-state index contributed by atoms with van der Waals surface area (Å²) in [6.45, 7) is 0.195. The van der Waals surface area contributed by atoms with Gasteiger partial charge in [-0.15, -0.1) is 11.3 Å². The van der Waals surface area contributed by atoms with Crippen molar-refractivity contribution in [3.63, 3.8) is 0 Å². The SMILES string of the molecule is O=C(O)c1sccc1Cn1c(=O)oc2ccccc21. The highest BCUT2D eigenvalue weighted by Crippen LogP contribution is 2.20. The summed E-state index contributed by atoms with van der Waals surface area (Å²) >= 11 is 1.15. The molecule has 0 amide bonds. The van der Waals surface area contributed by atoms with Gasteiger partial charge < -0.3 is 9.52 Å². The van der Waals surface area contributed by atoms with Crippen molar-refractivity contribution in [3.8, 4) is 0 Å². The largest absolute Gasteiger partial charge is 0.477 e. The van der Waals surface area contributed by atoms with Crippen molar-refractivity contribution in [3.05, 3.63) is 56.7 Å². The van der Waals surface area contributed by atoms with Crippen molar-refractivity contribution in [2.45, 2.75) is 6.54 Å². The molecule has 3 aromatic rings. The highest BCUT2D eigenvalue weighted by molar-refractivity contribution is 7.12. The molecule has 0 saturated heterocycles. The molecule has 1 aromatic carbocycles. The van der Waals surface area contributed by atoms with Crippen LogP contribution in [0.15, 0.2) is 44.9 Å². The van der Waals surface area contributed by atoms with Crippen LogP contribution in [0.1, 0.15) is 15.2 Å². The normalized spacial score (nSPS) is 10.9. The quantitative estimate of drug-likeness (QED) is 0.796. The molecule has 0 radical (unpaired) electrons. The molecule has 0 aliphatic heterocycles. The molecule has 2 aromatic heterocycles. The van der Waals surface area contributed by atoms with Crippen molar-refractivity contribution in [1.29, 1.82) is 0 Å². The Balaban J connectivity index is 2.11. The first-order valence-corrected chi connectivity index (χ1v) is 6.43. The number of fused-ring (bicyclic) bond motifs is 1. The van der Waals surface area contributed by atoms with Crippen LogP contribution in [0.2, 0.25) is 0 Å². The molecular weight excluding hydrogens is 266 g/mol. The number of nitrogens with zero attached hydrogens (tertiary/aromatic N) is 1. The van der Waals surface area contributed by atoms with Gasteiger partial charge in [0.1, 0.15) is 4.88 Å². The van der Waals surface area contributed by atoms with E-state index in [9.17, 15) is 9.59 Å². The molecule has 0 aliphatic carbocycles. The van der Waals surface area contributed by atoms with Gasteiger partial charge in [-0.2, -0.15) is 0 Å². The number of para-hydroxylation sites is 2. The van der Waals surface area contributed by atoms with Crippen molar-refractivity contribution >= 4 is 28.4 Å². The van der Waals surface area contributed by atoms with Crippen LogP contribution in [0.3, 0.4) is 0 Å². The number of aromatic carboxylic acids is 1. The van der Waals surface area contributed by atoms with Crippen LogP contribution in [-0.2, 0) is 6.54 Å². The maximum atomic E-state index is 11.8. The van der Waals surface area contributed by atoms with Crippen LogP contribution in [0.5, 0.6) is 0 Å². The zero-order valence-corrected chi connectivity index (χ0v) is 10.5. The predicted molar refractivity (Wildman–Crippen MR) is 70.9 cm³/mol. The van der Waals surface area contributed by atoms with E-state index in [0.29, 0.717) is 16.7 Å². The highest BCUT2D eigenvalue weighted by Gasteiger charge is 2.15. The molecule has 1 N–H and O–H groups in total. The summed E-state index contributed by atoms with van der Waals surface area (Å²) in [5, 5.41) is 10.8. The third-order valence-electron chi connectivity index (χ3n) is 2.84. The molecule has 0 spiro atoms. The summed E-state index contributed by atoms with van der Waals surface area (Å²) in [4.78, 5) is 23.1. The van der Waals surface area contributed by atoms with Gasteiger partial charge in [-0.3, -0.25) is 4.57 Å². The summed E-state index contributed by atoms with van der Waals surface area (Å²) in [6.07, 6.45) is 0. The Morgan fingerprint density at radius 1 is 1.32 bits per heavy atom. The van der Waals surface area contributed by atoms with Gasteiger partial charge >= 0.3 is 11.7 Å². The third kappa shape index (κ3) is 1.96. The molecule has 0 bridgehead atoms. The number of carbonyl (C=O) groups is 1. The molecular formula is C13H9NO4S. The van der Waals surface area contributed by atoms with Gasteiger partial charge in [0.2, 0.25) is 0 Å². The molecule has 0 unspecified atom stereocenters. The Kier molecular flexibility index (Phi) is 2.72. The van der Waals surface area contributed by atoms with Crippen molar-refractivity contribution < 1.29 is 14.3 Å². The van der Waals surface area contributed by atoms with E-state index >= 15 is 0 Å². The standard InChI is InChI=1S/C13H9NO4S/c15-12(16)11-8(5-6-19-11)7-14-9-3-1-2-4-10(9)18-13(14)17/h1-6H,7H2,(H,15,16). The van der Waals surface area contributed by atoms with Gasteiger partial charge in [-0.05, 0) is 29.1 Å². The van der Waals surface area contributed by atoms with Crippen LogP contribution >= 0.6 is 11.3 Å². The Morgan fingerprint density at radius 3 is 2.89 bits per heavy atom. The average Bonchev–Trinajstić information content (AvgIpc) is 2.96. The number of hydrogen-bond donors (Lipinski definition) is 1. The van der Waals surface area contributed by atoms with Gasteiger partial charge in [0.15, 0.2) is 5.58 Å². The lowest BCUT2D eigenvalue weighted by molar-refractivity contribution is 0.0701. The minimum atomic E-state index is -0.981. The second-order valence-electron chi connectivity index (χ2n) is 4.00. The number of aromatic nitrogens is 1. The molecule has 0 saturated carbocycles. The molecule has 3 rings (SSSR count). The maximum Gasteiger partial charge on any atom is 0.420 e. The van der Waals surface area contributed by atoms with E-state index in [4.69, 9.17) is 9.52 Å². The molecule has 96 valence electrons. The van der Waals surface area contributed by atoms with E-state index < -0.39 is 11.7 Å². The van der Waals surface area contributed by atoms with E-state index in [1.54, 1.807) is 35.7 Å². The van der Waals surface area contributed by atoms with Crippen LogP contribution in [0.4, 0.5) is 0 Å². The average molecular weight is 275 g/mol. The summed E-state index contributed by atoms with van der Waals surface area (Å²) < 4.78 is 6.55. The number of carboxylic acids is 1. The minimum absolute atomic E-state index is 0.195. The fourth-order valence-electron chi connectivity index (χ4n) is 1.98. The highest BCUT2D eigenvalue weighted by atomic mass is 32.1. The Bertz CT molecular complexity index is 811. The van der Waals surface area contributed by atoms with E-state index in [1.807, 2.05) is 0 Å². The Hall–Kier alpha value is -2.34. The van der Waals surface area contributed by atoms with Crippen molar-refractivity contribution in [2.75, 3.05) is 0 Å². The molecule has 19 heavy (non-hydrogen) atoms. The number of benzene rings is 1. The number of oxazole rings is 1. The first kappa shape index (κ1) is 11.7. The van der Waals surface area contributed by atoms with Crippen LogP contribution in [0, 0.1) is 0 Å². The second kappa shape index (κ2) is 4.40. The third-order valence-corrected chi connectivity index (χ3v) is 3.79. The lowest BCUT2D eigenvalue weighted by Crippen LogP contribution is -2.15. The van der Waals surface area contributed by atoms with Crippen LogP contribution in [-0.4, -0.2) is 15.6 Å². The first-order valence-electron chi connectivity index (χ1n) is 5.55. The number of thiophene rings is 1. The van der Waals surface area contributed by atoms with E-state index in [1.165, 1.54) is 4.57 Å². The summed E-state index contributed by atoms with van der Waals surface area (Å²) in [5.41, 5.74) is 1.76. The molecule has 0 fully saturated rings. The molecule has 6 heteroatoms. The molecule has 0 atom stereocenters. The molecule has 5 nitrogen and oxygen atoms in total. The van der Waals surface area contributed by atoms with E-state index in [0.717, 1.165) is 11.3 Å². The zero-order valence-electron chi connectivity index (χ0n) is 9.70. The van der Waals surface area contributed by atoms with Gasteiger partial charge in [0, 0.05) is 0 Å². The van der Waals surface area contributed by atoms with Crippen molar-refractivity contribution in [2.24, 2.45) is 0 Å². The number of carboxylic acid groups (broad SMARTS) is 1. The van der Waals surface area contributed by atoms with E-state index in [2.05, 4.69) is 0 Å². The van der Waals surface area contributed by atoms with E-state index in [-0.39, 0.29) is 11.4 Å². The summed E-state index contributed by atoms with van der Waals surface area (Å²) in [6, 6.07) is 8.77. The Labute approximate surface area is 111 Å². The monoisotopic (exact) mass is 275 g/mol. The first-order chi connectivity index (χ1) is 9.16. The van der Waals surface area contributed by atoms with Gasteiger partial charge in [0.25, 0.3) is 0 Å². The predicted octanol–water partition coefficient (Wildman–Crippen LogP) is 2.40. The topological polar surface area (TPSA) is 72.4 Å². The second-order valence-corrected chi connectivity index (χ2v) is 4.92. The lowest BCUT2D eigenvalue weighted by Gasteiger charge is -2.01. The summed E-state index contributed by atoms with van der Waals surface area (Å²) in [5.74, 6) is -1.46. The van der Waals surface area contributed by atoms with Gasteiger partial charge in [-0.1, -0.05) is 12.1 Å². The zero-order chi connectivity index (χ0) is 13.4. The maximum absolute atomic E-state index is 11.8. The van der Waals surface area contributed by atoms with Gasteiger partial charge in [-0.25, -0.2) is 9.59 Å². The Morgan fingerprint density at radius 2 is 2.11 bits per heavy atom. The number of rotatable bonds is 3. The number of hydrogen-bond acceptors (Lipinski definition) is 4. The van der Waals surface area contributed by atoms with Crippen molar-refractivity contribution in [1.82, 2.24) is 4.57 Å². The minimum Gasteiger partial charge on any atom is -0.477 e. The van der Waals surface area contributed by atoms with Crippen LogP contribution in [0.25, 0.3) is 11.1 Å². The smallest absolute Gasteiger partial charge is 0.420 e. The molecule has 2 heterocycles. The lowest BCUT2D eigenvalue weighted by atomic mass is 10.2. The summed E-state index contributed by atoms with van der Waals surface area (Å²) in [7, 11) is 0. The fraction of sp³-hybridized carbons (Fsp3) is 0.0769. The van der Waals surface area contributed by atoms with Crippen LogP contribution < -0.4 is 5.76 Å². The fourth-order valence-corrected chi connectivity index (χ4v) is 2.74. The molecule has 0 aliphatic rings. The van der Waals surface area contributed by atoms with Gasteiger partial charge in [0.05, 0.1) is 12.1 Å².